The van der Waals surface area contributed by atoms with Crippen LogP contribution >= 0.6 is 0 Å². The molecule has 0 spiro atoms. The molecular weight excluding hydrogens is 238 g/mol. The molecule has 0 atom stereocenters. The Morgan fingerprint density at radius 2 is 1.79 bits per heavy atom. The quantitative estimate of drug-likeness (QED) is 0.832. The minimum Gasteiger partial charge on any atom is -0.381 e. The van der Waals surface area contributed by atoms with Crippen LogP contribution in [-0.2, 0) is 9.47 Å². The normalized spacial score (nSPS) is 24.8. The van der Waals surface area contributed by atoms with Crippen LogP contribution in [0.4, 0.5) is 0 Å². The second kappa shape index (κ2) is 6.55. The van der Waals surface area contributed by atoms with Gasteiger partial charge < -0.3 is 14.8 Å². The van der Waals surface area contributed by atoms with Crippen molar-refractivity contribution in [2.24, 2.45) is 5.92 Å². The zero-order chi connectivity index (χ0) is 13.8. The summed E-state index contributed by atoms with van der Waals surface area (Å²) >= 11 is 0. The van der Waals surface area contributed by atoms with E-state index in [1.807, 2.05) is 0 Å². The monoisotopic (exact) mass is 269 g/mol. The molecule has 0 unspecified atom stereocenters. The van der Waals surface area contributed by atoms with E-state index in [0.717, 1.165) is 26.4 Å². The highest BCUT2D eigenvalue weighted by Gasteiger charge is 2.36. The SMILES string of the molecule is CC(C)(C)NCC1(OCC2CCOCC2)CCCC1. The van der Waals surface area contributed by atoms with Gasteiger partial charge in [0.05, 0.1) is 12.2 Å². The molecule has 1 saturated heterocycles. The Hall–Kier alpha value is -0.120. The maximum atomic E-state index is 6.41. The van der Waals surface area contributed by atoms with Crippen molar-refractivity contribution in [2.45, 2.75) is 70.4 Å². The number of hydrogen-bond donors (Lipinski definition) is 1. The molecule has 3 heteroatoms. The van der Waals surface area contributed by atoms with Gasteiger partial charge in [0.1, 0.15) is 0 Å². The zero-order valence-electron chi connectivity index (χ0n) is 13.0. The largest absolute Gasteiger partial charge is 0.381 e. The van der Waals surface area contributed by atoms with Gasteiger partial charge in [-0.2, -0.15) is 0 Å². The lowest BCUT2D eigenvalue weighted by Gasteiger charge is -2.35. The molecule has 0 bridgehead atoms. The highest BCUT2D eigenvalue weighted by Crippen LogP contribution is 2.34. The second-order valence-electron chi connectivity index (χ2n) is 7.36. The third-order valence-electron chi connectivity index (χ3n) is 4.42. The lowest BCUT2D eigenvalue weighted by Crippen LogP contribution is -2.48. The van der Waals surface area contributed by atoms with Crippen LogP contribution < -0.4 is 5.32 Å². The summed E-state index contributed by atoms with van der Waals surface area (Å²) in [5.41, 5.74) is 0.281. The Kier molecular flexibility index (Phi) is 5.27. The minimum absolute atomic E-state index is 0.103. The first-order chi connectivity index (χ1) is 8.99. The number of ether oxygens (including phenoxy) is 2. The standard InChI is InChI=1S/C16H31NO2/c1-15(2,3)17-13-16(8-4-5-9-16)19-12-14-6-10-18-11-7-14/h14,17H,4-13H2,1-3H3. The Bertz CT molecular complexity index is 260. The molecule has 2 fully saturated rings. The molecular formula is C16H31NO2. The van der Waals surface area contributed by atoms with Gasteiger partial charge in [-0.05, 0) is 52.4 Å². The van der Waals surface area contributed by atoms with Crippen LogP contribution in [0.3, 0.4) is 0 Å². The van der Waals surface area contributed by atoms with Gasteiger partial charge in [0.15, 0.2) is 0 Å². The number of hydrogen-bond acceptors (Lipinski definition) is 3. The van der Waals surface area contributed by atoms with Gasteiger partial charge in [-0.25, -0.2) is 0 Å². The van der Waals surface area contributed by atoms with Gasteiger partial charge in [-0.1, -0.05) is 12.8 Å². The second-order valence-corrected chi connectivity index (χ2v) is 7.36. The van der Waals surface area contributed by atoms with E-state index in [-0.39, 0.29) is 11.1 Å². The van der Waals surface area contributed by atoms with E-state index < -0.39 is 0 Å². The summed E-state index contributed by atoms with van der Waals surface area (Å²) in [4.78, 5) is 0. The molecule has 2 aliphatic rings. The van der Waals surface area contributed by atoms with Gasteiger partial charge >= 0.3 is 0 Å². The van der Waals surface area contributed by atoms with Crippen LogP contribution in [0.15, 0.2) is 0 Å². The van der Waals surface area contributed by atoms with Crippen molar-refractivity contribution in [2.75, 3.05) is 26.4 Å². The third kappa shape index (κ3) is 5.05. The predicted molar refractivity (Wildman–Crippen MR) is 78.4 cm³/mol. The molecule has 1 N–H and O–H groups in total. The molecule has 0 radical (unpaired) electrons. The van der Waals surface area contributed by atoms with E-state index in [1.165, 1.54) is 38.5 Å². The van der Waals surface area contributed by atoms with Crippen molar-refractivity contribution in [3.05, 3.63) is 0 Å². The highest BCUT2D eigenvalue weighted by molar-refractivity contribution is 4.91. The summed E-state index contributed by atoms with van der Waals surface area (Å²) in [5, 5.41) is 3.64. The van der Waals surface area contributed by atoms with Gasteiger partial charge in [-0.15, -0.1) is 0 Å². The number of nitrogens with one attached hydrogen (secondary N) is 1. The van der Waals surface area contributed by atoms with Crippen molar-refractivity contribution >= 4 is 0 Å². The fourth-order valence-corrected chi connectivity index (χ4v) is 3.03. The smallest absolute Gasteiger partial charge is 0.0806 e. The van der Waals surface area contributed by atoms with Gasteiger partial charge in [0.2, 0.25) is 0 Å². The average Bonchev–Trinajstić information content (AvgIpc) is 2.84. The Labute approximate surface area is 118 Å². The molecule has 1 aliphatic carbocycles. The maximum Gasteiger partial charge on any atom is 0.0806 e. The van der Waals surface area contributed by atoms with E-state index >= 15 is 0 Å². The Morgan fingerprint density at radius 1 is 1.16 bits per heavy atom. The summed E-state index contributed by atoms with van der Waals surface area (Å²) < 4.78 is 11.8. The molecule has 0 aromatic heterocycles. The summed E-state index contributed by atoms with van der Waals surface area (Å²) in [7, 11) is 0. The predicted octanol–water partition coefficient (Wildman–Crippen LogP) is 3.13. The molecule has 0 aromatic carbocycles. The molecule has 1 heterocycles. The zero-order valence-corrected chi connectivity index (χ0v) is 13.0. The highest BCUT2D eigenvalue weighted by atomic mass is 16.5. The molecule has 3 nitrogen and oxygen atoms in total. The lowest BCUT2D eigenvalue weighted by atomic mass is 9.97. The maximum absolute atomic E-state index is 6.41. The van der Waals surface area contributed by atoms with Crippen LogP contribution in [0.25, 0.3) is 0 Å². The van der Waals surface area contributed by atoms with E-state index in [1.54, 1.807) is 0 Å². The molecule has 1 aliphatic heterocycles. The molecule has 1 saturated carbocycles. The molecule has 0 aromatic rings. The Morgan fingerprint density at radius 3 is 2.37 bits per heavy atom. The molecule has 2 rings (SSSR count). The van der Waals surface area contributed by atoms with Crippen molar-refractivity contribution in [3.63, 3.8) is 0 Å². The van der Waals surface area contributed by atoms with Crippen LogP contribution in [-0.4, -0.2) is 37.5 Å². The average molecular weight is 269 g/mol. The van der Waals surface area contributed by atoms with E-state index in [9.17, 15) is 0 Å². The molecule has 0 amide bonds. The van der Waals surface area contributed by atoms with Crippen molar-refractivity contribution in [1.82, 2.24) is 5.32 Å². The van der Waals surface area contributed by atoms with E-state index in [4.69, 9.17) is 9.47 Å². The van der Waals surface area contributed by atoms with Gasteiger partial charge in [-0.3, -0.25) is 0 Å². The fraction of sp³-hybridized carbons (Fsp3) is 1.00. The van der Waals surface area contributed by atoms with E-state index in [0.29, 0.717) is 5.92 Å². The van der Waals surface area contributed by atoms with Crippen molar-refractivity contribution < 1.29 is 9.47 Å². The van der Waals surface area contributed by atoms with Crippen molar-refractivity contribution in [3.8, 4) is 0 Å². The first kappa shape index (κ1) is 15.3. The van der Waals surface area contributed by atoms with Crippen LogP contribution in [0.1, 0.15) is 59.3 Å². The first-order valence-corrected chi connectivity index (χ1v) is 7.96. The summed E-state index contributed by atoms with van der Waals surface area (Å²) in [5.74, 6) is 0.709. The number of rotatable bonds is 5. The fourth-order valence-electron chi connectivity index (χ4n) is 3.03. The summed E-state index contributed by atoms with van der Waals surface area (Å²) in [6, 6.07) is 0. The topological polar surface area (TPSA) is 30.5 Å². The molecule has 112 valence electrons. The van der Waals surface area contributed by atoms with Crippen LogP contribution in [0.2, 0.25) is 0 Å². The third-order valence-corrected chi connectivity index (χ3v) is 4.42. The van der Waals surface area contributed by atoms with Gasteiger partial charge in [0, 0.05) is 25.3 Å². The van der Waals surface area contributed by atoms with Crippen molar-refractivity contribution in [1.29, 1.82) is 0 Å². The van der Waals surface area contributed by atoms with Crippen LogP contribution in [0.5, 0.6) is 0 Å². The summed E-state index contributed by atoms with van der Waals surface area (Å²) in [6.07, 6.45) is 7.42. The van der Waals surface area contributed by atoms with Gasteiger partial charge in [0.25, 0.3) is 0 Å². The minimum atomic E-state index is 0.103. The lowest BCUT2D eigenvalue weighted by molar-refractivity contribution is -0.0729. The first-order valence-electron chi connectivity index (χ1n) is 7.96. The Balaban J connectivity index is 1.81. The van der Waals surface area contributed by atoms with E-state index in [2.05, 4.69) is 26.1 Å². The summed E-state index contributed by atoms with van der Waals surface area (Å²) in [6.45, 7) is 10.5. The molecule has 19 heavy (non-hydrogen) atoms. The van der Waals surface area contributed by atoms with Crippen LogP contribution in [0, 0.1) is 5.92 Å².